The maximum atomic E-state index is 12.5. The molecule has 0 spiro atoms. The van der Waals surface area contributed by atoms with Crippen LogP contribution in [0, 0.1) is 0 Å². The van der Waals surface area contributed by atoms with Crippen LogP contribution in [0.25, 0.3) is 0 Å². The number of amides is 1. The Balaban J connectivity index is 1.50. The monoisotopic (exact) mass is 350 g/mol. The molecule has 9 heteroatoms. The molecular weight excluding hydrogens is 328 g/mol. The van der Waals surface area contributed by atoms with Crippen molar-refractivity contribution < 1.29 is 9.21 Å². The highest BCUT2D eigenvalue weighted by atomic mass is 32.2. The van der Waals surface area contributed by atoms with Crippen molar-refractivity contribution in [1.29, 1.82) is 0 Å². The minimum absolute atomic E-state index is 0.144. The van der Waals surface area contributed by atoms with Gasteiger partial charge in [-0.15, -0.1) is 10.2 Å². The summed E-state index contributed by atoms with van der Waals surface area (Å²) in [7, 11) is 0. The van der Waals surface area contributed by atoms with E-state index >= 15 is 0 Å². The number of rotatable bonds is 7. The standard InChI is InChI=1S/C15H22N6O2S/c1-2-21(12-6-4-3-5-7-12)14(22)9-24-15-19-18-13(23-15)8-20-11-16-10-17-20/h10-12H,2-9H2,1H3. The van der Waals surface area contributed by atoms with Gasteiger partial charge < -0.3 is 9.32 Å². The van der Waals surface area contributed by atoms with Crippen LogP contribution in [0.3, 0.4) is 0 Å². The molecule has 1 fully saturated rings. The molecule has 0 unspecified atom stereocenters. The lowest BCUT2D eigenvalue weighted by Gasteiger charge is -2.33. The summed E-state index contributed by atoms with van der Waals surface area (Å²) in [6.45, 7) is 3.18. The third-order valence-electron chi connectivity index (χ3n) is 4.21. The first-order valence-electron chi connectivity index (χ1n) is 8.33. The van der Waals surface area contributed by atoms with Crippen molar-refractivity contribution in [1.82, 2.24) is 29.9 Å². The Bertz CT molecular complexity index is 638. The quantitative estimate of drug-likeness (QED) is 0.705. The Kier molecular flexibility index (Phi) is 5.84. The first-order valence-corrected chi connectivity index (χ1v) is 9.32. The van der Waals surface area contributed by atoms with Gasteiger partial charge in [-0.25, -0.2) is 9.67 Å². The van der Waals surface area contributed by atoms with Gasteiger partial charge in [-0.2, -0.15) is 5.10 Å². The molecule has 2 aromatic rings. The van der Waals surface area contributed by atoms with Gasteiger partial charge in [0.25, 0.3) is 5.22 Å². The van der Waals surface area contributed by atoms with Gasteiger partial charge >= 0.3 is 0 Å². The van der Waals surface area contributed by atoms with E-state index in [2.05, 4.69) is 20.3 Å². The van der Waals surface area contributed by atoms with Crippen molar-refractivity contribution in [3.05, 3.63) is 18.5 Å². The van der Waals surface area contributed by atoms with Crippen LogP contribution in [-0.2, 0) is 11.3 Å². The highest BCUT2D eigenvalue weighted by molar-refractivity contribution is 7.99. The fraction of sp³-hybridized carbons (Fsp3) is 0.667. The molecule has 1 aliphatic carbocycles. The number of carbonyl (C=O) groups excluding carboxylic acids is 1. The van der Waals surface area contributed by atoms with Gasteiger partial charge in [0.15, 0.2) is 0 Å². The van der Waals surface area contributed by atoms with E-state index < -0.39 is 0 Å². The van der Waals surface area contributed by atoms with Crippen molar-refractivity contribution in [3.8, 4) is 0 Å². The molecule has 2 aromatic heterocycles. The zero-order valence-electron chi connectivity index (χ0n) is 13.8. The normalized spacial score (nSPS) is 15.5. The third kappa shape index (κ3) is 4.34. The van der Waals surface area contributed by atoms with Crippen molar-refractivity contribution in [2.24, 2.45) is 0 Å². The topological polar surface area (TPSA) is 89.9 Å². The molecule has 130 valence electrons. The van der Waals surface area contributed by atoms with Crippen LogP contribution in [0.5, 0.6) is 0 Å². The number of hydrogen-bond donors (Lipinski definition) is 0. The fourth-order valence-corrected chi connectivity index (χ4v) is 3.72. The van der Waals surface area contributed by atoms with E-state index in [4.69, 9.17) is 4.42 Å². The second kappa shape index (κ2) is 8.27. The molecule has 24 heavy (non-hydrogen) atoms. The van der Waals surface area contributed by atoms with E-state index in [9.17, 15) is 4.79 Å². The van der Waals surface area contributed by atoms with E-state index in [1.54, 1.807) is 11.0 Å². The van der Waals surface area contributed by atoms with E-state index in [0.717, 1.165) is 19.4 Å². The van der Waals surface area contributed by atoms with Gasteiger partial charge in [0.1, 0.15) is 19.2 Å². The molecule has 3 rings (SSSR count). The van der Waals surface area contributed by atoms with Gasteiger partial charge in [-0.1, -0.05) is 31.0 Å². The summed E-state index contributed by atoms with van der Waals surface area (Å²) in [4.78, 5) is 18.4. The summed E-state index contributed by atoms with van der Waals surface area (Å²) in [5.41, 5.74) is 0. The smallest absolute Gasteiger partial charge is 0.277 e. The first kappa shape index (κ1) is 16.9. The second-order valence-corrected chi connectivity index (χ2v) is 6.74. The Hall–Kier alpha value is -1.90. The summed E-state index contributed by atoms with van der Waals surface area (Å²) in [6.07, 6.45) is 9.00. The Morgan fingerprint density at radius 3 is 2.92 bits per heavy atom. The molecule has 0 saturated heterocycles. The maximum absolute atomic E-state index is 12.5. The Morgan fingerprint density at radius 2 is 2.21 bits per heavy atom. The van der Waals surface area contributed by atoms with Crippen LogP contribution in [0.2, 0.25) is 0 Å². The zero-order valence-corrected chi connectivity index (χ0v) is 14.6. The predicted molar refractivity (Wildman–Crippen MR) is 88.4 cm³/mol. The molecular formula is C15H22N6O2S. The van der Waals surface area contributed by atoms with Crippen LogP contribution >= 0.6 is 11.8 Å². The molecule has 2 heterocycles. The SMILES string of the molecule is CCN(C(=O)CSc1nnc(Cn2cncn2)o1)C1CCCCC1. The fourth-order valence-electron chi connectivity index (χ4n) is 3.05. The lowest BCUT2D eigenvalue weighted by atomic mass is 9.94. The highest BCUT2D eigenvalue weighted by Crippen LogP contribution is 2.24. The Labute approximate surface area is 145 Å². The van der Waals surface area contributed by atoms with Crippen LogP contribution in [0.15, 0.2) is 22.3 Å². The predicted octanol–water partition coefficient (Wildman–Crippen LogP) is 1.98. The van der Waals surface area contributed by atoms with Gasteiger partial charge in [0.05, 0.1) is 5.75 Å². The molecule has 0 radical (unpaired) electrons. The number of aromatic nitrogens is 5. The first-order chi connectivity index (χ1) is 11.8. The van der Waals surface area contributed by atoms with Crippen LogP contribution < -0.4 is 0 Å². The highest BCUT2D eigenvalue weighted by Gasteiger charge is 2.24. The molecule has 1 aliphatic rings. The van der Waals surface area contributed by atoms with E-state index in [1.807, 2.05) is 11.8 Å². The molecule has 0 aliphatic heterocycles. The van der Waals surface area contributed by atoms with Gasteiger partial charge in [0.2, 0.25) is 11.8 Å². The zero-order chi connectivity index (χ0) is 16.8. The summed E-state index contributed by atoms with van der Waals surface area (Å²) < 4.78 is 7.15. The lowest BCUT2D eigenvalue weighted by Crippen LogP contribution is -2.42. The summed E-state index contributed by atoms with van der Waals surface area (Å²) in [5.74, 6) is 0.926. The molecule has 1 saturated carbocycles. The number of hydrogen-bond acceptors (Lipinski definition) is 7. The van der Waals surface area contributed by atoms with E-state index in [-0.39, 0.29) is 5.91 Å². The van der Waals surface area contributed by atoms with Crippen LogP contribution in [0.4, 0.5) is 0 Å². The van der Waals surface area contributed by atoms with Crippen LogP contribution in [0.1, 0.15) is 44.9 Å². The largest absolute Gasteiger partial charge is 0.414 e. The van der Waals surface area contributed by atoms with Crippen molar-refractivity contribution >= 4 is 17.7 Å². The molecule has 0 atom stereocenters. The maximum Gasteiger partial charge on any atom is 0.277 e. The minimum Gasteiger partial charge on any atom is -0.414 e. The second-order valence-electron chi connectivity index (χ2n) is 5.82. The van der Waals surface area contributed by atoms with Gasteiger partial charge in [-0.05, 0) is 19.8 Å². The summed E-state index contributed by atoms with van der Waals surface area (Å²) in [6, 6.07) is 0.391. The molecule has 0 bridgehead atoms. The molecule has 1 amide bonds. The number of carbonyl (C=O) groups is 1. The third-order valence-corrected chi connectivity index (χ3v) is 5.01. The van der Waals surface area contributed by atoms with Crippen molar-refractivity contribution in [2.75, 3.05) is 12.3 Å². The van der Waals surface area contributed by atoms with Gasteiger partial charge in [-0.3, -0.25) is 4.79 Å². The van der Waals surface area contributed by atoms with Crippen molar-refractivity contribution in [2.45, 2.75) is 56.8 Å². The average Bonchev–Trinajstić information content (AvgIpc) is 3.27. The molecule has 0 aromatic carbocycles. The molecule has 0 N–H and O–H groups in total. The van der Waals surface area contributed by atoms with Crippen molar-refractivity contribution in [3.63, 3.8) is 0 Å². The van der Waals surface area contributed by atoms with Gasteiger partial charge in [0, 0.05) is 12.6 Å². The summed E-state index contributed by atoms with van der Waals surface area (Å²) >= 11 is 1.29. The number of thioether (sulfide) groups is 1. The lowest BCUT2D eigenvalue weighted by molar-refractivity contribution is -0.131. The minimum atomic E-state index is 0.144. The average molecular weight is 350 g/mol. The van der Waals surface area contributed by atoms with E-state index in [0.29, 0.717) is 29.5 Å². The summed E-state index contributed by atoms with van der Waals surface area (Å²) in [5, 5.41) is 12.4. The molecule has 8 nitrogen and oxygen atoms in total. The van der Waals surface area contributed by atoms with E-state index in [1.165, 1.54) is 37.4 Å². The Morgan fingerprint density at radius 1 is 1.38 bits per heavy atom. The number of nitrogens with zero attached hydrogens (tertiary/aromatic N) is 6. The van der Waals surface area contributed by atoms with Crippen LogP contribution in [-0.4, -0.2) is 54.1 Å².